The van der Waals surface area contributed by atoms with E-state index in [2.05, 4.69) is 82.3 Å². The number of para-hydroxylation sites is 2. The molecule has 6 rings (SSSR count). The Morgan fingerprint density at radius 1 is 0.600 bits per heavy atom. The van der Waals surface area contributed by atoms with Crippen molar-refractivity contribution >= 4 is 44.2 Å². The molecule has 3 heteroatoms. The van der Waals surface area contributed by atoms with Gasteiger partial charge >= 0.3 is 0 Å². The van der Waals surface area contributed by atoms with Crippen LogP contribution in [0.15, 0.2) is 103 Å². The van der Waals surface area contributed by atoms with Crippen LogP contribution in [0.25, 0.3) is 49.4 Å². The quantitative estimate of drug-likeness (QED) is 0.271. The van der Waals surface area contributed by atoms with Gasteiger partial charge in [-0.1, -0.05) is 84.4 Å². The zero-order valence-electron chi connectivity index (χ0n) is 16.1. The van der Waals surface area contributed by atoms with Crippen molar-refractivity contribution in [3.63, 3.8) is 0 Å². The fourth-order valence-corrected chi connectivity index (χ4v) is 4.60. The maximum Gasteiger partial charge on any atom is 0.136 e. The first-order chi connectivity index (χ1) is 14.8. The Bertz CT molecular complexity index is 1550. The standard InChI is InChI=1S/C27H17ClN2/c28-27-23-12-5-4-10-20(23)24(17-29-27)18-14-15-22-21-11-6-7-13-25(21)30(26(22)16-18)19-8-2-1-3-9-19/h1-17H. The molecule has 30 heavy (non-hydrogen) atoms. The average Bonchev–Trinajstić information content (AvgIpc) is 3.14. The Balaban J connectivity index is 1.70. The molecule has 2 heterocycles. The van der Waals surface area contributed by atoms with Crippen molar-refractivity contribution in [2.45, 2.75) is 0 Å². The van der Waals surface area contributed by atoms with Crippen LogP contribution in [0.3, 0.4) is 0 Å². The largest absolute Gasteiger partial charge is 0.309 e. The summed E-state index contributed by atoms with van der Waals surface area (Å²) in [5, 5.41) is 5.11. The van der Waals surface area contributed by atoms with E-state index in [0.717, 1.165) is 27.6 Å². The lowest BCUT2D eigenvalue weighted by molar-refractivity contribution is 1.18. The lowest BCUT2D eigenvalue weighted by Crippen LogP contribution is -1.93. The molecule has 0 amide bonds. The summed E-state index contributed by atoms with van der Waals surface area (Å²) in [6.45, 7) is 0. The van der Waals surface area contributed by atoms with E-state index in [4.69, 9.17) is 11.6 Å². The summed E-state index contributed by atoms with van der Waals surface area (Å²) in [6.07, 6.45) is 1.88. The van der Waals surface area contributed by atoms with Crippen molar-refractivity contribution in [2.75, 3.05) is 0 Å². The van der Waals surface area contributed by atoms with Crippen LogP contribution in [0, 0.1) is 0 Å². The third kappa shape index (κ3) is 2.54. The van der Waals surface area contributed by atoms with Gasteiger partial charge in [0.15, 0.2) is 0 Å². The van der Waals surface area contributed by atoms with Crippen LogP contribution >= 0.6 is 11.6 Å². The van der Waals surface area contributed by atoms with Gasteiger partial charge in [0.25, 0.3) is 0 Å². The second-order valence-corrected chi connectivity index (χ2v) is 7.79. The fourth-order valence-electron chi connectivity index (χ4n) is 4.38. The number of hydrogen-bond acceptors (Lipinski definition) is 1. The number of nitrogens with zero attached hydrogens (tertiary/aromatic N) is 2. The van der Waals surface area contributed by atoms with Crippen LogP contribution in [0.5, 0.6) is 0 Å². The molecule has 0 atom stereocenters. The highest BCUT2D eigenvalue weighted by molar-refractivity contribution is 6.34. The van der Waals surface area contributed by atoms with E-state index in [-0.39, 0.29) is 0 Å². The maximum atomic E-state index is 6.36. The summed E-state index contributed by atoms with van der Waals surface area (Å²) in [6, 6.07) is 33.9. The minimum absolute atomic E-state index is 0.536. The van der Waals surface area contributed by atoms with Crippen molar-refractivity contribution in [1.29, 1.82) is 0 Å². The van der Waals surface area contributed by atoms with E-state index in [1.165, 1.54) is 21.8 Å². The van der Waals surface area contributed by atoms with Gasteiger partial charge in [-0.25, -0.2) is 4.98 Å². The van der Waals surface area contributed by atoms with Gasteiger partial charge in [-0.2, -0.15) is 0 Å². The Morgan fingerprint density at radius 2 is 1.27 bits per heavy atom. The number of halogens is 1. The van der Waals surface area contributed by atoms with Crippen LogP contribution in [-0.2, 0) is 0 Å². The Morgan fingerprint density at radius 3 is 2.10 bits per heavy atom. The smallest absolute Gasteiger partial charge is 0.136 e. The molecule has 142 valence electrons. The molecule has 6 aromatic rings. The zero-order valence-corrected chi connectivity index (χ0v) is 16.8. The molecule has 0 bridgehead atoms. The molecule has 2 nitrogen and oxygen atoms in total. The van der Waals surface area contributed by atoms with E-state index < -0.39 is 0 Å². The van der Waals surface area contributed by atoms with Crippen molar-refractivity contribution in [3.8, 4) is 16.8 Å². The van der Waals surface area contributed by atoms with Gasteiger partial charge in [0.1, 0.15) is 5.15 Å². The third-order valence-electron chi connectivity index (χ3n) is 5.75. The molecular formula is C27H17ClN2. The lowest BCUT2D eigenvalue weighted by Gasteiger charge is -2.10. The Labute approximate surface area is 179 Å². The van der Waals surface area contributed by atoms with Crippen LogP contribution in [0.4, 0.5) is 0 Å². The minimum atomic E-state index is 0.536. The number of fused-ring (bicyclic) bond motifs is 4. The number of benzene rings is 4. The van der Waals surface area contributed by atoms with Crippen LogP contribution in [0.2, 0.25) is 5.15 Å². The molecular weight excluding hydrogens is 388 g/mol. The molecule has 0 fully saturated rings. The Kier molecular flexibility index (Phi) is 3.87. The van der Waals surface area contributed by atoms with Gasteiger partial charge < -0.3 is 4.57 Å². The second kappa shape index (κ2) is 6.72. The number of aromatic nitrogens is 2. The highest BCUT2D eigenvalue weighted by atomic mass is 35.5. The van der Waals surface area contributed by atoms with Crippen molar-refractivity contribution in [1.82, 2.24) is 9.55 Å². The van der Waals surface area contributed by atoms with Gasteiger partial charge in [-0.05, 0) is 35.2 Å². The summed E-state index contributed by atoms with van der Waals surface area (Å²) >= 11 is 6.36. The molecule has 0 N–H and O–H groups in total. The summed E-state index contributed by atoms with van der Waals surface area (Å²) in [5.74, 6) is 0. The van der Waals surface area contributed by atoms with E-state index in [1.54, 1.807) is 0 Å². The first-order valence-corrected chi connectivity index (χ1v) is 10.3. The molecule has 0 aliphatic heterocycles. The third-order valence-corrected chi connectivity index (χ3v) is 6.05. The van der Waals surface area contributed by atoms with Gasteiger partial charge in [0.2, 0.25) is 0 Å². The predicted octanol–water partition coefficient (Wildman–Crippen LogP) is 7.65. The predicted molar refractivity (Wildman–Crippen MR) is 127 cm³/mol. The van der Waals surface area contributed by atoms with Crippen molar-refractivity contribution in [3.05, 3.63) is 108 Å². The van der Waals surface area contributed by atoms with Gasteiger partial charge in [0, 0.05) is 33.6 Å². The summed E-state index contributed by atoms with van der Waals surface area (Å²) in [7, 11) is 0. The fraction of sp³-hybridized carbons (Fsp3) is 0. The molecule has 0 radical (unpaired) electrons. The van der Waals surface area contributed by atoms with E-state index >= 15 is 0 Å². The first-order valence-electron chi connectivity index (χ1n) is 9.93. The normalized spacial score (nSPS) is 11.5. The monoisotopic (exact) mass is 404 g/mol. The highest BCUT2D eigenvalue weighted by Crippen LogP contribution is 2.37. The van der Waals surface area contributed by atoms with Gasteiger partial charge in [-0.15, -0.1) is 0 Å². The first kappa shape index (κ1) is 17.3. The van der Waals surface area contributed by atoms with E-state index in [0.29, 0.717) is 5.15 Å². The SMILES string of the molecule is Clc1ncc(-c2ccc3c4ccccc4n(-c4ccccc4)c3c2)c2ccccc12. The number of rotatable bonds is 2. The van der Waals surface area contributed by atoms with Crippen LogP contribution < -0.4 is 0 Å². The molecule has 0 aliphatic rings. The van der Waals surface area contributed by atoms with E-state index in [9.17, 15) is 0 Å². The van der Waals surface area contributed by atoms with Crippen molar-refractivity contribution < 1.29 is 0 Å². The summed E-state index contributed by atoms with van der Waals surface area (Å²) < 4.78 is 2.33. The molecule has 0 spiro atoms. The molecule has 0 unspecified atom stereocenters. The van der Waals surface area contributed by atoms with Crippen molar-refractivity contribution in [2.24, 2.45) is 0 Å². The van der Waals surface area contributed by atoms with Crippen LogP contribution in [-0.4, -0.2) is 9.55 Å². The topological polar surface area (TPSA) is 17.8 Å². The molecule has 0 saturated heterocycles. The number of hydrogen-bond donors (Lipinski definition) is 0. The molecule has 0 saturated carbocycles. The Hall–Kier alpha value is -3.62. The highest BCUT2D eigenvalue weighted by Gasteiger charge is 2.14. The van der Waals surface area contributed by atoms with Crippen LogP contribution in [0.1, 0.15) is 0 Å². The van der Waals surface area contributed by atoms with Gasteiger partial charge in [-0.3, -0.25) is 0 Å². The average molecular weight is 405 g/mol. The second-order valence-electron chi connectivity index (χ2n) is 7.43. The van der Waals surface area contributed by atoms with Gasteiger partial charge in [0.05, 0.1) is 11.0 Å². The zero-order chi connectivity index (χ0) is 20.1. The summed E-state index contributed by atoms with van der Waals surface area (Å²) in [5.41, 5.74) is 5.75. The molecule has 2 aromatic heterocycles. The maximum absolute atomic E-state index is 6.36. The summed E-state index contributed by atoms with van der Waals surface area (Å²) in [4.78, 5) is 4.45. The van der Waals surface area contributed by atoms with E-state index in [1.807, 2.05) is 30.5 Å². The lowest BCUT2D eigenvalue weighted by atomic mass is 9.99. The molecule has 0 aliphatic carbocycles. The molecule has 4 aromatic carbocycles. The minimum Gasteiger partial charge on any atom is -0.309 e. The number of pyridine rings is 1.